The lowest BCUT2D eigenvalue weighted by molar-refractivity contribution is -0.132. The smallest absolute Gasteiger partial charge is 0.223 e. The Morgan fingerprint density at radius 1 is 1.14 bits per heavy atom. The quantitative estimate of drug-likeness (QED) is 0.709. The number of methoxy groups -OCH3 is 2. The number of hydrogen-bond acceptors (Lipinski definition) is 6. The third-order valence-corrected chi connectivity index (χ3v) is 7.40. The molecule has 0 spiro atoms. The molecule has 2 heterocycles. The predicted octanol–water partition coefficient (Wildman–Crippen LogP) is 2.03. The zero-order valence-electron chi connectivity index (χ0n) is 16.5. The van der Waals surface area contributed by atoms with Crippen LogP contribution < -0.4 is 14.8 Å². The van der Waals surface area contributed by atoms with Crippen molar-refractivity contribution in [3.8, 4) is 11.5 Å². The monoisotopic (exact) mass is 432 g/mol. The van der Waals surface area contributed by atoms with Gasteiger partial charge in [-0.2, -0.15) is 0 Å². The second-order valence-electron chi connectivity index (χ2n) is 7.35. The fourth-order valence-electron chi connectivity index (χ4n) is 4.07. The first kappa shape index (κ1) is 22.8. The third kappa shape index (κ3) is 4.90. The van der Waals surface area contributed by atoms with E-state index in [0.29, 0.717) is 23.6 Å². The average Bonchev–Trinajstić information content (AvgIpc) is 3.02. The van der Waals surface area contributed by atoms with Gasteiger partial charge in [-0.15, -0.1) is 12.4 Å². The van der Waals surface area contributed by atoms with Gasteiger partial charge in [0, 0.05) is 37.7 Å². The molecule has 28 heavy (non-hydrogen) atoms. The Hall–Kier alpha value is -1.51. The lowest BCUT2D eigenvalue weighted by Gasteiger charge is -2.35. The molecule has 0 radical (unpaired) electrons. The highest BCUT2D eigenvalue weighted by Gasteiger charge is 2.36. The van der Waals surface area contributed by atoms with Crippen molar-refractivity contribution in [2.45, 2.75) is 55.1 Å². The molecule has 1 N–H and O–H groups in total. The van der Waals surface area contributed by atoms with E-state index >= 15 is 0 Å². The maximum absolute atomic E-state index is 12.6. The van der Waals surface area contributed by atoms with E-state index < -0.39 is 9.84 Å². The van der Waals surface area contributed by atoms with Crippen LogP contribution in [-0.2, 0) is 14.6 Å². The molecule has 0 saturated carbocycles. The molecule has 7 nitrogen and oxygen atoms in total. The summed E-state index contributed by atoms with van der Waals surface area (Å²) in [5.74, 6) is 0.481. The Morgan fingerprint density at radius 2 is 1.75 bits per heavy atom. The van der Waals surface area contributed by atoms with Gasteiger partial charge in [-0.25, -0.2) is 8.42 Å². The van der Waals surface area contributed by atoms with E-state index in [1.54, 1.807) is 18.0 Å². The molecule has 3 rings (SSSR count). The van der Waals surface area contributed by atoms with Gasteiger partial charge in [0.25, 0.3) is 0 Å². The summed E-state index contributed by atoms with van der Waals surface area (Å²) >= 11 is 0. The summed E-state index contributed by atoms with van der Waals surface area (Å²) in [4.78, 5) is 14.5. The normalized spacial score (nSPS) is 23.6. The SMILES string of the molecule is COc1ccc(S(=O)(=O)CCC(=O)N(C)C2CC3CCC(C2)N3)cc1OC.Cl. The van der Waals surface area contributed by atoms with E-state index in [1.165, 1.54) is 26.4 Å². The highest BCUT2D eigenvalue weighted by molar-refractivity contribution is 7.91. The molecule has 1 amide bonds. The summed E-state index contributed by atoms with van der Waals surface area (Å²) in [5, 5.41) is 3.56. The van der Waals surface area contributed by atoms with E-state index in [2.05, 4.69) is 5.32 Å². The fraction of sp³-hybridized carbons (Fsp3) is 0.632. The molecule has 2 bridgehead atoms. The maximum Gasteiger partial charge on any atom is 0.223 e. The molecule has 2 unspecified atom stereocenters. The number of hydrogen-bond donors (Lipinski definition) is 1. The first-order valence-electron chi connectivity index (χ1n) is 9.30. The lowest BCUT2D eigenvalue weighted by atomic mass is 9.98. The Bertz CT molecular complexity index is 790. The van der Waals surface area contributed by atoms with Crippen molar-refractivity contribution in [1.82, 2.24) is 10.2 Å². The summed E-state index contributed by atoms with van der Waals surface area (Å²) in [7, 11) is 1.16. The Labute approximate surface area is 173 Å². The molecule has 2 aliphatic heterocycles. The van der Waals surface area contributed by atoms with Crippen molar-refractivity contribution in [3.63, 3.8) is 0 Å². The second-order valence-corrected chi connectivity index (χ2v) is 9.46. The van der Waals surface area contributed by atoms with Crippen LogP contribution in [-0.4, -0.2) is 64.4 Å². The summed E-state index contributed by atoms with van der Waals surface area (Å²) in [5.41, 5.74) is 0. The lowest BCUT2D eigenvalue weighted by Crippen LogP contribution is -2.48. The van der Waals surface area contributed by atoms with Crippen molar-refractivity contribution in [1.29, 1.82) is 0 Å². The zero-order valence-corrected chi connectivity index (χ0v) is 18.1. The second kappa shape index (κ2) is 9.33. The topological polar surface area (TPSA) is 84.9 Å². The molecular weight excluding hydrogens is 404 g/mol. The number of carbonyl (C=O) groups is 1. The first-order chi connectivity index (χ1) is 12.8. The number of nitrogens with zero attached hydrogens (tertiary/aromatic N) is 1. The Morgan fingerprint density at radius 3 is 2.32 bits per heavy atom. The van der Waals surface area contributed by atoms with Crippen molar-refractivity contribution in [3.05, 3.63) is 18.2 Å². The average molecular weight is 433 g/mol. The van der Waals surface area contributed by atoms with Gasteiger partial charge in [0.1, 0.15) is 0 Å². The minimum absolute atomic E-state index is 0. The number of amides is 1. The highest BCUT2D eigenvalue weighted by Crippen LogP contribution is 2.31. The van der Waals surface area contributed by atoms with Gasteiger partial charge in [0.15, 0.2) is 21.3 Å². The minimum Gasteiger partial charge on any atom is -0.493 e. The first-order valence-corrected chi connectivity index (χ1v) is 11.0. The standard InChI is InChI=1S/C19H28N2O5S.ClH/c1-21(15-10-13-4-5-14(11-15)20-13)19(22)8-9-27(23,24)16-6-7-17(25-2)18(12-16)26-3;/h6-7,12-15,20H,4-5,8-11H2,1-3H3;1H. The number of carbonyl (C=O) groups excluding carboxylic acids is 1. The van der Waals surface area contributed by atoms with Gasteiger partial charge in [0.2, 0.25) is 5.91 Å². The van der Waals surface area contributed by atoms with Crippen LogP contribution in [0.4, 0.5) is 0 Å². The summed E-state index contributed by atoms with van der Waals surface area (Å²) < 4.78 is 35.6. The van der Waals surface area contributed by atoms with Gasteiger partial charge < -0.3 is 19.7 Å². The van der Waals surface area contributed by atoms with Crippen LogP contribution in [0.2, 0.25) is 0 Å². The summed E-state index contributed by atoms with van der Waals surface area (Å²) in [6, 6.07) is 5.64. The van der Waals surface area contributed by atoms with Crippen molar-refractivity contribution in [2.75, 3.05) is 27.0 Å². The maximum atomic E-state index is 12.6. The number of rotatable bonds is 7. The number of piperidine rings is 1. The molecule has 1 aromatic rings. The summed E-state index contributed by atoms with van der Waals surface area (Å²) in [6.07, 6.45) is 4.20. The van der Waals surface area contributed by atoms with Gasteiger partial charge in [-0.05, 0) is 37.8 Å². The Kier molecular flexibility index (Phi) is 7.59. The number of ether oxygens (including phenoxy) is 2. The van der Waals surface area contributed by atoms with Crippen LogP contribution in [0.25, 0.3) is 0 Å². The molecule has 1 aromatic carbocycles. The van der Waals surface area contributed by atoms with E-state index in [1.807, 2.05) is 0 Å². The minimum atomic E-state index is -3.58. The van der Waals surface area contributed by atoms with Gasteiger partial charge in [0.05, 0.1) is 24.9 Å². The van der Waals surface area contributed by atoms with Crippen molar-refractivity contribution in [2.24, 2.45) is 0 Å². The van der Waals surface area contributed by atoms with Crippen molar-refractivity contribution >= 4 is 28.2 Å². The molecule has 9 heteroatoms. The molecule has 0 aromatic heterocycles. The molecule has 2 atom stereocenters. The third-order valence-electron chi connectivity index (χ3n) is 5.69. The number of nitrogens with one attached hydrogen (secondary N) is 1. The summed E-state index contributed by atoms with van der Waals surface area (Å²) in [6.45, 7) is 0. The largest absolute Gasteiger partial charge is 0.493 e. The predicted molar refractivity (Wildman–Crippen MR) is 109 cm³/mol. The number of halogens is 1. The zero-order chi connectivity index (χ0) is 19.6. The van der Waals surface area contributed by atoms with E-state index in [-0.39, 0.29) is 41.4 Å². The van der Waals surface area contributed by atoms with Crippen LogP contribution in [0, 0.1) is 0 Å². The molecule has 158 valence electrons. The van der Waals surface area contributed by atoms with Gasteiger partial charge >= 0.3 is 0 Å². The number of benzene rings is 1. The number of sulfone groups is 1. The van der Waals surface area contributed by atoms with Crippen LogP contribution in [0.5, 0.6) is 11.5 Å². The van der Waals surface area contributed by atoms with Crippen LogP contribution in [0.15, 0.2) is 23.1 Å². The number of fused-ring (bicyclic) bond motifs is 2. The van der Waals surface area contributed by atoms with E-state index in [9.17, 15) is 13.2 Å². The van der Waals surface area contributed by atoms with Crippen LogP contribution in [0.1, 0.15) is 32.1 Å². The Balaban J connectivity index is 0.00000280. The molecular formula is C19H29ClN2O5S. The van der Waals surface area contributed by atoms with Gasteiger partial charge in [-0.3, -0.25) is 4.79 Å². The molecule has 2 aliphatic rings. The molecule has 2 saturated heterocycles. The highest BCUT2D eigenvalue weighted by atomic mass is 35.5. The van der Waals surface area contributed by atoms with Gasteiger partial charge in [-0.1, -0.05) is 0 Å². The van der Waals surface area contributed by atoms with Crippen LogP contribution in [0.3, 0.4) is 0 Å². The fourth-order valence-corrected chi connectivity index (χ4v) is 5.31. The molecule has 0 aliphatic carbocycles. The van der Waals surface area contributed by atoms with E-state index in [4.69, 9.17) is 9.47 Å². The van der Waals surface area contributed by atoms with Crippen LogP contribution >= 0.6 is 12.4 Å². The van der Waals surface area contributed by atoms with E-state index in [0.717, 1.165) is 25.7 Å². The van der Waals surface area contributed by atoms with Crippen molar-refractivity contribution < 1.29 is 22.7 Å². The molecule has 2 fully saturated rings.